The zero-order chi connectivity index (χ0) is 12.7. The van der Waals surface area contributed by atoms with Crippen LogP contribution < -0.4 is 5.32 Å². The maximum atomic E-state index is 6.30. The zero-order valence-corrected chi connectivity index (χ0v) is 12.4. The van der Waals surface area contributed by atoms with E-state index in [4.69, 9.17) is 11.6 Å². The normalized spacial score (nSPS) is 14.6. The van der Waals surface area contributed by atoms with Crippen molar-refractivity contribution in [3.8, 4) is 0 Å². The lowest BCUT2D eigenvalue weighted by atomic mass is 9.95. The second-order valence-electron chi connectivity index (χ2n) is 4.39. The molecule has 0 amide bonds. The Balaban J connectivity index is 2.85. The van der Waals surface area contributed by atoms with E-state index >= 15 is 0 Å². The van der Waals surface area contributed by atoms with E-state index in [1.54, 1.807) is 0 Å². The molecule has 1 aromatic rings. The first-order chi connectivity index (χ1) is 8.20. The topological polar surface area (TPSA) is 12.0 Å². The Morgan fingerprint density at radius 3 is 2.65 bits per heavy atom. The number of hydrogen-bond donors (Lipinski definition) is 1. The Morgan fingerprint density at radius 1 is 1.35 bits per heavy atom. The molecule has 0 saturated carbocycles. The fourth-order valence-electron chi connectivity index (χ4n) is 2.00. The van der Waals surface area contributed by atoms with Gasteiger partial charge < -0.3 is 5.32 Å². The molecule has 0 aromatic heterocycles. The predicted molar refractivity (Wildman–Crippen MR) is 80.0 cm³/mol. The van der Waals surface area contributed by atoms with Crippen molar-refractivity contribution < 1.29 is 0 Å². The minimum Gasteiger partial charge on any atom is -0.310 e. The van der Waals surface area contributed by atoms with Gasteiger partial charge in [-0.3, -0.25) is 0 Å². The van der Waals surface area contributed by atoms with Crippen molar-refractivity contribution in [3.63, 3.8) is 0 Å². The van der Waals surface area contributed by atoms with Crippen LogP contribution in [0.1, 0.15) is 31.9 Å². The number of rotatable bonds is 7. The van der Waals surface area contributed by atoms with Gasteiger partial charge in [0.1, 0.15) is 0 Å². The Kier molecular flexibility index (Phi) is 7.02. The highest BCUT2D eigenvalue weighted by Crippen LogP contribution is 2.29. The van der Waals surface area contributed by atoms with Crippen LogP contribution in [0, 0.1) is 5.92 Å². The third-order valence-corrected chi connectivity index (χ3v) is 4.06. The number of hydrogen-bond acceptors (Lipinski definition) is 2. The third kappa shape index (κ3) is 4.53. The summed E-state index contributed by atoms with van der Waals surface area (Å²) in [7, 11) is 0. The molecule has 1 rings (SSSR count). The Morgan fingerprint density at radius 2 is 2.06 bits per heavy atom. The lowest BCUT2D eigenvalue weighted by Gasteiger charge is -2.26. The Hall–Kier alpha value is -0.180. The van der Waals surface area contributed by atoms with Gasteiger partial charge in [0, 0.05) is 11.1 Å². The van der Waals surface area contributed by atoms with E-state index in [2.05, 4.69) is 37.6 Å². The van der Waals surface area contributed by atoms with Gasteiger partial charge >= 0.3 is 0 Å². The molecule has 0 radical (unpaired) electrons. The van der Waals surface area contributed by atoms with Crippen molar-refractivity contribution in [1.29, 1.82) is 0 Å². The molecule has 3 heteroatoms. The molecule has 1 aromatic carbocycles. The van der Waals surface area contributed by atoms with Crippen LogP contribution >= 0.6 is 23.4 Å². The average molecular weight is 272 g/mol. The van der Waals surface area contributed by atoms with Crippen LogP contribution in [0.2, 0.25) is 5.02 Å². The van der Waals surface area contributed by atoms with Crippen LogP contribution in [0.3, 0.4) is 0 Å². The van der Waals surface area contributed by atoms with Crippen molar-refractivity contribution in [1.82, 2.24) is 5.32 Å². The Bertz CT molecular complexity index is 330. The minimum atomic E-state index is 0.357. The maximum absolute atomic E-state index is 6.30. The van der Waals surface area contributed by atoms with Gasteiger partial charge in [-0.2, -0.15) is 11.8 Å². The Labute approximate surface area is 114 Å². The van der Waals surface area contributed by atoms with Gasteiger partial charge in [0.2, 0.25) is 0 Å². The monoisotopic (exact) mass is 271 g/mol. The van der Waals surface area contributed by atoms with Gasteiger partial charge in [-0.1, -0.05) is 43.6 Å². The minimum absolute atomic E-state index is 0.357. The second kappa shape index (κ2) is 8.02. The standard InChI is InChI=1S/C14H22ClNS/c1-4-9-16-14(11(2)10-17-3)12-7-5-6-8-13(12)15/h5-8,11,14,16H,4,9-10H2,1-3H3. The molecular weight excluding hydrogens is 250 g/mol. The van der Waals surface area contributed by atoms with E-state index in [1.807, 2.05) is 23.9 Å². The summed E-state index contributed by atoms with van der Waals surface area (Å²) < 4.78 is 0. The van der Waals surface area contributed by atoms with Crippen LogP contribution in [0.15, 0.2) is 24.3 Å². The molecule has 1 nitrogen and oxygen atoms in total. The molecule has 0 aliphatic carbocycles. The number of nitrogens with one attached hydrogen (secondary N) is 1. The first-order valence-corrected chi connectivity index (χ1v) is 7.94. The molecule has 0 spiro atoms. The van der Waals surface area contributed by atoms with E-state index in [0.717, 1.165) is 23.7 Å². The molecule has 2 unspecified atom stereocenters. The van der Waals surface area contributed by atoms with Crippen LogP contribution in [0.4, 0.5) is 0 Å². The first kappa shape index (κ1) is 14.9. The molecule has 0 bridgehead atoms. The average Bonchev–Trinajstić information content (AvgIpc) is 2.32. The molecule has 0 saturated heterocycles. The maximum Gasteiger partial charge on any atom is 0.0453 e. The molecule has 96 valence electrons. The van der Waals surface area contributed by atoms with E-state index in [1.165, 1.54) is 5.56 Å². The molecule has 2 atom stereocenters. The number of benzene rings is 1. The summed E-state index contributed by atoms with van der Waals surface area (Å²) in [5, 5.41) is 4.48. The van der Waals surface area contributed by atoms with E-state index < -0.39 is 0 Å². The lowest BCUT2D eigenvalue weighted by molar-refractivity contribution is 0.418. The van der Waals surface area contributed by atoms with Crippen molar-refractivity contribution in [2.24, 2.45) is 5.92 Å². The highest BCUT2D eigenvalue weighted by Gasteiger charge is 2.20. The fraction of sp³-hybridized carbons (Fsp3) is 0.571. The summed E-state index contributed by atoms with van der Waals surface area (Å²) in [6.45, 7) is 5.51. The zero-order valence-electron chi connectivity index (χ0n) is 10.9. The van der Waals surface area contributed by atoms with Crippen LogP contribution in [0.5, 0.6) is 0 Å². The van der Waals surface area contributed by atoms with Crippen LogP contribution in [-0.2, 0) is 0 Å². The van der Waals surface area contributed by atoms with Gasteiger partial charge in [-0.05, 0) is 42.5 Å². The summed E-state index contributed by atoms with van der Waals surface area (Å²) in [5.41, 5.74) is 1.23. The van der Waals surface area contributed by atoms with Gasteiger partial charge in [0.25, 0.3) is 0 Å². The molecule has 0 heterocycles. The summed E-state index contributed by atoms with van der Waals surface area (Å²) in [6.07, 6.45) is 3.30. The summed E-state index contributed by atoms with van der Waals surface area (Å²) in [6, 6.07) is 8.52. The van der Waals surface area contributed by atoms with E-state index in [9.17, 15) is 0 Å². The van der Waals surface area contributed by atoms with Gasteiger partial charge in [-0.15, -0.1) is 0 Å². The number of halogens is 1. The second-order valence-corrected chi connectivity index (χ2v) is 5.70. The molecular formula is C14H22ClNS. The smallest absolute Gasteiger partial charge is 0.0453 e. The predicted octanol–water partition coefficient (Wildman–Crippen LogP) is 4.38. The fourth-order valence-corrected chi connectivity index (χ4v) is 2.98. The SMILES string of the molecule is CCCNC(c1ccccc1Cl)C(C)CSC. The molecule has 0 aliphatic heterocycles. The van der Waals surface area contributed by atoms with E-state index in [-0.39, 0.29) is 0 Å². The molecule has 17 heavy (non-hydrogen) atoms. The highest BCUT2D eigenvalue weighted by atomic mass is 35.5. The summed E-state index contributed by atoms with van der Waals surface area (Å²) >= 11 is 8.18. The van der Waals surface area contributed by atoms with Crippen molar-refractivity contribution in [2.45, 2.75) is 26.3 Å². The summed E-state index contributed by atoms with van der Waals surface area (Å²) in [4.78, 5) is 0. The van der Waals surface area contributed by atoms with Gasteiger partial charge in [0.15, 0.2) is 0 Å². The van der Waals surface area contributed by atoms with Crippen molar-refractivity contribution in [2.75, 3.05) is 18.6 Å². The third-order valence-electron chi connectivity index (χ3n) is 2.85. The highest BCUT2D eigenvalue weighted by molar-refractivity contribution is 7.98. The van der Waals surface area contributed by atoms with Crippen LogP contribution in [-0.4, -0.2) is 18.6 Å². The molecule has 0 fully saturated rings. The largest absolute Gasteiger partial charge is 0.310 e. The summed E-state index contributed by atoms with van der Waals surface area (Å²) in [5.74, 6) is 1.73. The first-order valence-electron chi connectivity index (χ1n) is 6.17. The molecule has 0 aliphatic rings. The van der Waals surface area contributed by atoms with Gasteiger partial charge in [0.05, 0.1) is 0 Å². The van der Waals surface area contributed by atoms with Crippen molar-refractivity contribution >= 4 is 23.4 Å². The van der Waals surface area contributed by atoms with Gasteiger partial charge in [-0.25, -0.2) is 0 Å². The van der Waals surface area contributed by atoms with E-state index in [0.29, 0.717) is 12.0 Å². The van der Waals surface area contributed by atoms with Crippen LogP contribution in [0.25, 0.3) is 0 Å². The molecule has 1 N–H and O–H groups in total. The van der Waals surface area contributed by atoms with Crippen molar-refractivity contribution in [3.05, 3.63) is 34.9 Å². The quantitative estimate of drug-likeness (QED) is 0.790. The number of thioether (sulfide) groups is 1. The lowest BCUT2D eigenvalue weighted by Crippen LogP contribution is -2.29.